The monoisotopic (exact) mass is 457 g/mol. The zero-order chi connectivity index (χ0) is 23.8. The van der Waals surface area contributed by atoms with Crippen molar-refractivity contribution < 1.29 is 14.3 Å². The molecule has 6 nitrogen and oxygen atoms in total. The van der Waals surface area contributed by atoms with Crippen LogP contribution in [0.2, 0.25) is 0 Å². The quantitative estimate of drug-likeness (QED) is 0.548. The Balaban J connectivity index is 1.41. The van der Waals surface area contributed by atoms with Crippen molar-refractivity contribution in [2.24, 2.45) is 0 Å². The number of para-hydroxylation sites is 2. The number of piperazine rings is 1. The third-order valence-electron chi connectivity index (χ3n) is 6.06. The fourth-order valence-electron chi connectivity index (χ4n) is 4.27. The summed E-state index contributed by atoms with van der Waals surface area (Å²) >= 11 is 0. The lowest BCUT2D eigenvalue weighted by molar-refractivity contribution is -0.132. The fourth-order valence-corrected chi connectivity index (χ4v) is 4.27. The van der Waals surface area contributed by atoms with E-state index in [0.29, 0.717) is 25.3 Å². The van der Waals surface area contributed by atoms with Gasteiger partial charge in [0.2, 0.25) is 5.91 Å². The van der Waals surface area contributed by atoms with E-state index in [4.69, 9.17) is 4.74 Å². The zero-order valence-electron chi connectivity index (χ0n) is 19.5. The number of amides is 2. The number of carbonyl (C=O) groups is 2. The molecule has 0 bridgehead atoms. The molecule has 1 saturated heterocycles. The summed E-state index contributed by atoms with van der Waals surface area (Å²) in [5.74, 6) is 0.733. The van der Waals surface area contributed by atoms with Crippen LogP contribution in [0.4, 0.5) is 5.69 Å². The van der Waals surface area contributed by atoms with Gasteiger partial charge in [-0.3, -0.25) is 9.59 Å². The van der Waals surface area contributed by atoms with Gasteiger partial charge in [-0.25, -0.2) is 0 Å². The molecule has 0 aliphatic carbocycles. The smallest absolute Gasteiger partial charge is 0.251 e. The molecule has 176 valence electrons. The first-order valence-electron chi connectivity index (χ1n) is 11.8. The number of nitrogens with zero attached hydrogens (tertiary/aromatic N) is 2. The highest BCUT2D eigenvalue weighted by Gasteiger charge is 2.26. The van der Waals surface area contributed by atoms with Gasteiger partial charge in [0.15, 0.2) is 0 Å². The predicted octanol–water partition coefficient (Wildman–Crippen LogP) is 4.30. The van der Waals surface area contributed by atoms with Gasteiger partial charge in [-0.1, -0.05) is 60.7 Å². The third kappa shape index (κ3) is 5.76. The third-order valence-corrected chi connectivity index (χ3v) is 6.06. The second-order valence-corrected chi connectivity index (χ2v) is 8.28. The van der Waals surface area contributed by atoms with Crippen molar-refractivity contribution in [2.75, 3.05) is 37.7 Å². The Bertz CT molecular complexity index is 1080. The van der Waals surface area contributed by atoms with Crippen LogP contribution in [0.1, 0.15) is 35.3 Å². The van der Waals surface area contributed by atoms with Crippen molar-refractivity contribution in [3.8, 4) is 5.75 Å². The van der Waals surface area contributed by atoms with Crippen LogP contribution in [0.25, 0.3) is 0 Å². The van der Waals surface area contributed by atoms with Crippen LogP contribution in [0.5, 0.6) is 5.75 Å². The SMILES string of the molecule is CCOc1ccccc1N1CCN(C(=O)C[C@@H](NC(=O)c2ccccc2)c2ccccc2)CC1. The molecule has 1 N–H and O–H groups in total. The minimum atomic E-state index is -0.391. The Labute approximate surface area is 201 Å². The highest BCUT2D eigenvalue weighted by Crippen LogP contribution is 2.29. The molecular formula is C28H31N3O3. The van der Waals surface area contributed by atoms with Crippen molar-refractivity contribution in [2.45, 2.75) is 19.4 Å². The molecule has 0 saturated carbocycles. The Kier molecular flexibility index (Phi) is 7.81. The van der Waals surface area contributed by atoms with Crippen LogP contribution in [0.3, 0.4) is 0 Å². The molecule has 0 radical (unpaired) electrons. The van der Waals surface area contributed by atoms with E-state index >= 15 is 0 Å². The number of hydrogen-bond acceptors (Lipinski definition) is 4. The van der Waals surface area contributed by atoms with Gasteiger partial charge in [0.1, 0.15) is 5.75 Å². The average molecular weight is 458 g/mol. The van der Waals surface area contributed by atoms with E-state index in [2.05, 4.69) is 16.3 Å². The number of carbonyl (C=O) groups excluding carboxylic acids is 2. The molecule has 1 aliphatic rings. The van der Waals surface area contributed by atoms with Crippen molar-refractivity contribution in [3.05, 3.63) is 96.1 Å². The Morgan fingerprint density at radius 1 is 0.853 bits per heavy atom. The van der Waals surface area contributed by atoms with Gasteiger partial charge in [0.25, 0.3) is 5.91 Å². The zero-order valence-corrected chi connectivity index (χ0v) is 19.5. The van der Waals surface area contributed by atoms with E-state index in [1.807, 2.05) is 78.6 Å². The number of hydrogen-bond donors (Lipinski definition) is 1. The van der Waals surface area contributed by atoms with Crippen molar-refractivity contribution in [1.82, 2.24) is 10.2 Å². The molecule has 6 heteroatoms. The summed E-state index contributed by atoms with van der Waals surface area (Å²) < 4.78 is 5.78. The number of rotatable bonds is 8. The highest BCUT2D eigenvalue weighted by molar-refractivity contribution is 5.94. The number of nitrogens with one attached hydrogen (secondary N) is 1. The van der Waals surface area contributed by atoms with Gasteiger partial charge >= 0.3 is 0 Å². The molecular weight excluding hydrogens is 426 g/mol. The summed E-state index contributed by atoms with van der Waals surface area (Å²) in [7, 11) is 0. The number of ether oxygens (including phenoxy) is 1. The molecule has 0 spiro atoms. The van der Waals surface area contributed by atoms with Crippen molar-refractivity contribution in [3.63, 3.8) is 0 Å². The van der Waals surface area contributed by atoms with E-state index < -0.39 is 6.04 Å². The lowest BCUT2D eigenvalue weighted by Gasteiger charge is -2.37. The Hall–Kier alpha value is -3.80. The van der Waals surface area contributed by atoms with Gasteiger partial charge in [-0.15, -0.1) is 0 Å². The Morgan fingerprint density at radius 2 is 1.47 bits per heavy atom. The van der Waals surface area contributed by atoms with Crippen molar-refractivity contribution in [1.29, 1.82) is 0 Å². The first kappa shape index (κ1) is 23.4. The maximum Gasteiger partial charge on any atom is 0.251 e. The van der Waals surface area contributed by atoms with Crippen LogP contribution < -0.4 is 15.0 Å². The highest BCUT2D eigenvalue weighted by atomic mass is 16.5. The minimum absolute atomic E-state index is 0.0416. The summed E-state index contributed by atoms with van der Waals surface area (Å²) in [6, 6.07) is 26.4. The van der Waals surface area contributed by atoms with E-state index in [1.165, 1.54) is 0 Å². The first-order valence-corrected chi connectivity index (χ1v) is 11.8. The first-order chi connectivity index (χ1) is 16.7. The van der Waals surface area contributed by atoms with Crippen LogP contribution in [0.15, 0.2) is 84.9 Å². The topological polar surface area (TPSA) is 61.9 Å². The molecule has 3 aromatic carbocycles. The Morgan fingerprint density at radius 3 is 2.15 bits per heavy atom. The molecule has 0 aromatic heterocycles. The van der Waals surface area contributed by atoms with E-state index in [1.54, 1.807) is 12.1 Å². The van der Waals surface area contributed by atoms with E-state index in [0.717, 1.165) is 30.1 Å². The fraction of sp³-hybridized carbons (Fsp3) is 0.286. The second-order valence-electron chi connectivity index (χ2n) is 8.28. The minimum Gasteiger partial charge on any atom is -0.492 e. The van der Waals surface area contributed by atoms with Crippen LogP contribution >= 0.6 is 0 Å². The number of anilines is 1. The van der Waals surface area contributed by atoms with Gasteiger partial charge < -0.3 is 19.9 Å². The maximum atomic E-state index is 13.2. The lowest BCUT2D eigenvalue weighted by atomic mass is 10.0. The van der Waals surface area contributed by atoms with E-state index in [9.17, 15) is 9.59 Å². The van der Waals surface area contributed by atoms with Crippen LogP contribution in [-0.4, -0.2) is 49.5 Å². The molecule has 3 aromatic rings. The molecule has 2 amide bonds. The molecule has 1 heterocycles. The average Bonchev–Trinajstić information content (AvgIpc) is 2.90. The largest absolute Gasteiger partial charge is 0.492 e. The molecule has 4 rings (SSSR count). The molecule has 0 unspecified atom stereocenters. The molecule has 34 heavy (non-hydrogen) atoms. The van der Waals surface area contributed by atoms with Crippen molar-refractivity contribution >= 4 is 17.5 Å². The molecule has 1 aliphatic heterocycles. The molecule has 1 fully saturated rings. The number of benzene rings is 3. The maximum absolute atomic E-state index is 13.2. The van der Waals surface area contributed by atoms with Crippen LogP contribution in [-0.2, 0) is 4.79 Å². The normalized spacial score (nSPS) is 14.4. The summed E-state index contributed by atoms with van der Waals surface area (Å²) in [4.78, 5) is 30.2. The summed E-state index contributed by atoms with van der Waals surface area (Å²) in [6.07, 6.45) is 0.220. The standard InChI is InChI=1S/C28H31N3O3/c1-2-34-26-16-10-9-15-25(26)30-17-19-31(20-18-30)27(32)21-24(22-11-5-3-6-12-22)29-28(33)23-13-7-4-8-14-23/h3-16,24H,2,17-21H2,1H3,(H,29,33)/t24-/m1/s1. The van der Waals surface area contributed by atoms with Gasteiger partial charge in [-0.2, -0.15) is 0 Å². The molecule has 1 atom stereocenters. The second kappa shape index (κ2) is 11.4. The van der Waals surface area contributed by atoms with Gasteiger partial charge in [0, 0.05) is 31.7 Å². The van der Waals surface area contributed by atoms with E-state index in [-0.39, 0.29) is 18.2 Å². The predicted molar refractivity (Wildman–Crippen MR) is 134 cm³/mol. The van der Waals surface area contributed by atoms with Gasteiger partial charge in [0.05, 0.1) is 24.8 Å². The summed E-state index contributed by atoms with van der Waals surface area (Å²) in [6.45, 7) is 5.34. The van der Waals surface area contributed by atoms with Crippen LogP contribution in [0, 0.1) is 0 Å². The van der Waals surface area contributed by atoms with Gasteiger partial charge in [-0.05, 0) is 36.8 Å². The summed E-state index contributed by atoms with van der Waals surface area (Å²) in [5, 5.41) is 3.06. The lowest BCUT2D eigenvalue weighted by Crippen LogP contribution is -2.49. The summed E-state index contributed by atoms with van der Waals surface area (Å²) in [5.41, 5.74) is 2.57.